The van der Waals surface area contributed by atoms with E-state index in [0.29, 0.717) is 17.5 Å². The fourth-order valence-corrected chi connectivity index (χ4v) is 7.92. The Hall–Kier alpha value is -6.91. The lowest BCUT2D eigenvalue weighted by molar-refractivity contribution is 0.669. The van der Waals surface area contributed by atoms with E-state index >= 15 is 0 Å². The molecule has 0 aliphatic heterocycles. The average Bonchev–Trinajstić information content (AvgIpc) is 3.59. The second kappa shape index (κ2) is 10.8. The molecule has 0 aliphatic rings. The van der Waals surface area contributed by atoms with Crippen LogP contribution in [0.1, 0.15) is 0 Å². The van der Waals surface area contributed by atoms with E-state index in [1.807, 2.05) is 0 Å². The van der Waals surface area contributed by atoms with Crippen LogP contribution in [0.2, 0.25) is 0 Å². The molecule has 0 spiro atoms. The molecule has 9 aromatic carbocycles. The van der Waals surface area contributed by atoms with E-state index < -0.39 is 0 Å². The highest BCUT2D eigenvalue weighted by Crippen LogP contribution is 2.46. The van der Waals surface area contributed by atoms with E-state index in [4.69, 9.17) is 19.4 Å². The monoisotopic (exact) mass is 649 g/mol. The van der Waals surface area contributed by atoms with Crippen LogP contribution >= 0.6 is 0 Å². The Morgan fingerprint density at radius 1 is 0.314 bits per heavy atom. The quantitative estimate of drug-likeness (QED) is 0.178. The molecule has 0 bridgehead atoms. The fraction of sp³-hybridized carbons (Fsp3) is 0. The van der Waals surface area contributed by atoms with Crippen molar-refractivity contribution in [2.24, 2.45) is 0 Å². The Morgan fingerprint density at radius 2 is 0.922 bits per heavy atom. The molecular weight excluding hydrogens is 623 g/mol. The fourth-order valence-electron chi connectivity index (χ4n) is 7.92. The van der Waals surface area contributed by atoms with Gasteiger partial charge in [0.05, 0.1) is 0 Å². The number of aromatic nitrogens is 3. The summed E-state index contributed by atoms with van der Waals surface area (Å²) in [4.78, 5) is 15.5. The van der Waals surface area contributed by atoms with Gasteiger partial charge in [-0.2, -0.15) is 0 Å². The lowest BCUT2D eigenvalue weighted by Crippen LogP contribution is -2.00. The highest BCUT2D eigenvalue weighted by molar-refractivity contribution is 6.35. The Morgan fingerprint density at radius 3 is 1.80 bits per heavy atom. The van der Waals surface area contributed by atoms with Gasteiger partial charge in [0.1, 0.15) is 11.2 Å². The molecule has 0 unspecified atom stereocenters. The summed E-state index contributed by atoms with van der Waals surface area (Å²) in [5.74, 6) is 1.92. The standard InChI is InChI=1S/C47H27N3O/c1-2-12-30-26-33(23-22-28(30)10-1)46-48-45(49-47(50-46)39-20-8-13-29-11-3-4-16-34(29)39)32-15-7-14-31(27-32)35-24-25-41-44-42(35)37-18-6-5-17-36(37)38-19-9-21-40(51-41)43(38)44/h1-27H. The molecule has 0 radical (unpaired) electrons. The summed E-state index contributed by atoms with van der Waals surface area (Å²) in [6.07, 6.45) is 0. The van der Waals surface area contributed by atoms with Crippen molar-refractivity contribution in [1.29, 1.82) is 0 Å². The van der Waals surface area contributed by atoms with E-state index in [0.717, 1.165) is 55.1 Å². The molecule has 0 fully saturated rings. The molecule has 2 aromatic heterocycles. The van der Waals surface area contributed by atoms with Gasteiger partial charge in [-0.05, 0) is 73.1 Å². The first-order valence-electron chi connectivity index (χ1n) is 17.2. The summed E-state index contributed by atoms with van der Waals surface area (Å²) in [7, 11) is 0. The highest BCUT2D eigenvalue weighted by atomic mass is 16.3. The van der Waals surface area contributed by atoms with Gasteiger partial charge in [0, 0.05) is 32.8 Å². The SMILES string of the molecule is c1cc(-c2nc(-c3ccc4ccccc4c3)nc(-c3cccc4ccccc34)n2)cc(-c2ccc3oc4cccc5c6ccccc6c2c3c45)c1. The van der Waals surface area contributed by atoms with Crippen LogP contribution in [0.4, 0.5) is 0 Å². The van der Waals surface area contributed by atoms with E-state index in [1.165, 1.54) is 37.7 Å². The van der Waals surface area contributed by atoms with Crippen LogP contribution < -0.4 is 0 Å². The van der Waals surface area contributed by atoms with Gasteiger partial charge in [-0.25, -0.2) is 15.0 Å². The molecule has 0 saturated carbocycles. The first kappa shape index (κ1) is 28.0. The summed E-state index contributed by atoms with van der Waals surface area (Å²) < 4.78 is 6.41. The van der Waals surface area contributed by atoms with Gasteiger partial charge in [-0.1, -0.05) is 140 Å². The molecule has 11 rings (SSSR count). The maximum atomic E-state index is 6.41. The summed E-state index contributed by atoms with van der Waals surface area (Å²) in [5, 5.41) is 11.8. The van der Waals surface area contributed by atoms with Crippen molar-refractivity contribution in [1.82, 2.24) is 15.0 Å². The molecule has 0 atom stereocenters. The molecule has 2 heterocycles. The maximum absolute atomic E-state index is 6.41. The molecule has 0 aliphatic carbocycles. The minimum atomic E-state index is 0.629. The van der Waals surface area contributed by atoms with Crippen molar-refractivity contribution >= 4 is 65.0 Å². The third-order valence-corrected chi connectivity index (χ3v) is 10.3. The molecule has 0 N–H and O–H groups in total. The van der Waals surface area contributed by atoms with Crippen LogP contribution in [0.5, 0.6) is 0 Å². The molecule has 51 heavy (non-hydrogen) atoms. The highest BCUT2D eigenvalue weighted by Gasteiger charge is 2.21. The van der Waals surface area contributed by atoms with Crippen molar-refractivity contribution in [3.63, 3.8) is 0 Å². The third kappa shape index (κ3) is 4.30. The molecule has 4 heteroatoms. The first-order chi connectivity index (χ1) is 25.3. The van der Waals surface area contributed by atoms with Gasteiger partial charge in [0.15, 0.2) is 17.5 Å². The van der Waals surface area contributed by atoms with E-state index in [-0.39, 0.29) is 0 Å². The Kier molecular flexibility index (Phi) is 5.92. The van der Waals surface area contributed by atoms with Gasteiger partial charge in [0.25, 0.3) is 0 Å². The Labute approximate surface area is 292 Å². The van der Waals surface area contributed by atoms with Gasteiger partial charge < -0.3 is 4.42 Å². The third-order valence-electron chi connectivity index (χ3n) is 10.3. The summed E-state index contributed by atoms with van der Waals surface area (Å²) in [6.45, 7) is 0. The number of benzene rings is 9. The number of furan rings is 1. The lowest BCUT2D eigenvalue weighted by atomic mass is 9.89. The average molecular weight is 650 g/mol. The van der Waals surface area contributed by atoms with E-state index in [2.05, 4.69) is 164 Å². The first-order valence-corrected chi connectivity index (χ1v) is 17.2. The largest absolute Gasteiger partial charge is 0.456 e. The van der Waals surface area contributed by atoms with Crippen molar-refractivity contribution in [3.05, 3.63) is 164 Å². The number of rotatable bonds is 4. The maximum Gasteiger partial charge on any atom is 0.164 e. The Bertz CT molecular complexity index is 3150. The second-order valence-corrected chi connectivity index (χ2v) is 13.2. The molecule has 0 saturated heterocycles. The minimum Gasteiger partial charge on any atom is -0.456 e. The van der Waals surface area contributed by atoms with Crippen molar-refractivity contribution in [2.75, 3.05) is 0 Å². The lowest BCUT2D eigenvalue weighted by Gasteiger charge is -2.14. The minimum absolute atomic E-state index is 0.629. The van der Waals surface area contributed by atoms with Crippen LogP contribution in [-0.2, 0) is 0 Å². The second-order valence-electron chi connectivity index (χ2n) is 13.2. The van der Waals surface area contributed by atoms with Crippen molar-refractivity contribution < 1.29 is 4.42 Å². The summed E-state index contributed by atoms with van der Waals surface area (Å²) in [6, 6.07) is 57.4. The predicted octanol–water partition coefficient (Wildman–Crippen LogP) is 12.5. The van der Waals surface area contributed by atoms with Gasteiger partial charge in [-0.3, -0.25) is 0 Å². The normalized spacial score (nSPS) is 11.9. The molecule has 0 amide bonds. The van der Waals surface area contributed by atoms with E-state index in [9.17, 15) is 0 Å². The molecule has 4 nitrogen and oxygen atoms in total. The number of hydrogen-bond donors (Lipinski definition) is 0. The van der Waals surface area contributed by atoms with Crippen LogP contribution in [0, 0.1) is 0 Å². The zero-order chi connectivity index (χ0) is 33.5. The Balaban J connectivity index is 1.15. The van der Waals surface area contributed by atoms with Crippen LogP contribution in [0.25, 0.3) is 110 Å². The zero-order valence-corrected chi connectivity index (χ0v) is 27.3. The topological polar surface area (TPSA) is 51.8 Å². The number of nitrogens with zero attached hydrogens (tertiary/aromatic N) is 3. The van der Waals surface area contributed by atoms with Gasteiger partial charge >= 0.3 is 0 Å². The zero-order valence-electron chi connectivity index (χ0n) is 27.3. The molecule has 11 aromatic rings. The van der Waals surface area contributed by atoms with Gasteiger partial charge in [0.2, 0.25) is 0 Å². The van der Waals surface area contributed by atoms with Gasteiger partial charge in [-0.15, -0.1) is 0 Å². The number of hydrogen-bond acceptors (Lipinski definition) is 4. The molecular formula is C47H27N3O. The summed E-state index contributed by atoms with van der Waals surface area (Å²) in [5.41, 5.74) is 6.90. The van der Waals surface area contributed by atoms with E-state index in [1.54, 1.807) is 0 Å². The van der Waals surface area contributed by atoms with Crippen LogP contribution in [0.3, 0.4) is 0 Å². The van der Waals surface area contributed by atoms with Crippen LogP contribution in [0.15, 0.2) is 168 Å². The van der Waals surface area contributed by atoms with Crippen molar-refractivity contribution in [2.45, 2.75) is 0 Å². The smallest absolute Gasteiger partial charge is 0.164 e. The number of fused-ring (bicyclic) bond motifs is 5. The summed E-state index contributed by atoms with van der Waals surface area (Å²) >= 11 is 0. The van der Waals surface area contributed by atoms with Crippen molar-refractivity contribution in [3.8, 4) is 45.3 Å². The van der Waals surface area contributed by atoms with Crippen LogP contribution in [-0.4, -0.2) is 15.0 Å². The molecule has 236 valence electrons. The predicted molar refractivity (Wildman–Crippen MR) is 210 cm³/mol.